The van der Waals surface area contributed by atoms with Crippen LogP contribution >= 0.6 is 11.8 Å². The number of thioether (sulfide) groups is 1. The van der Waals surface area contributed by atoms with Gasteiger partial charge in [0.2, 0.25) is 0 Å². The monoisotopic (exact) mass is 215 g/mol. The van der Waals surface area contributed by atoms with Gasteiger partial charge in [0.05, 0.1) is 0 Å². The van der Waals surface area contributed by atoms with Gasteiger partial charge in [0, 0.05) is 5.25 Å². The van der Waals surface area contributed by atoms with E-state index < -0.39 is 0 Å². The highest BCUT2D eigenvalue weighted by atomic mass is 32.2. The van der Waals surface area contributed by atoms with Gasteiger partial charge in [-0.1, -0.05) is 20.3 Å². The Kier molecular flexibility index (Phi) is 5.95. The van der Waals surface area contributed by atoms with E-state index in [1.165, 1.54) is 45.3 Å². The van der Waals surface area contributed by atoms with E-state index in [0.717, 1.165) is 11.2 Å². The second-order valence-corrected chi connectivity index (χ2v) is 5.52. The van der Waals surface area contributed by atoms with Crippen LogP contribution in [0.5, 0.6) is 0 Å². The molecule has 1 rings (SSSR count). The van der Waals surface area contributed by atoms with Crippen LogP contribution in [-0.4, -0.2) is 36.0 Å². The SMILES string of the molecule is CCC1CCN(CC)CCC(SC)C1. The minimum Gasteiger partial charge on any atom is -0.304 e. The fraction of sp³-hybridized carbons (Fsp3) is 1.00. The van der Waals surface area contributed by atoms with Crippen molar-refractivity contribution in [3.63, 3.8) is 0 Å². The van der Waals surface area contributed by atoms with Crippen molar-refractivity contribution >= 4 is 11.8 Å². The maximum Gasteiger partial charge on any atom is 0.00590 e. The van der Waals surface area contributed by atoms with Gasteiger partial charge in [-0.25, -0.2) is 0 Å². The summed E-state index contributed by atoms with van der Waals surface area (Å²) in [5, 5.41) is 0.911. The number of nitrogens with zero attached hydrogens (tertiary/aromatic N) is 1. The number of hydrogen-bond acceptors (Lipinski definition) is 2. The lowest BCUT2D eigenvalue weighted by molar-refractivity contribution is 0.229. The fourth-order valence-corrected chi connectivity index (χ4v) is 3.12. The van der Waals surface area contributed by atoms with Crippen LogP contribution in [0, 0.1) is 5.92 Å². The molecule has 0 spiro atoms. The number of likely N-dealkylation sites (tertiary alicyclic amines) is 1. The molecule has 1 saturated heterocycles. The summed E-state index contributed by atoms with van der Waals surface area (Å²) >= 11 is 2.07. The van der Waals surface area contributed by atoms with Gasteiger partial charge in [-0.05, 0) is 51.1 Å². The van der Waals surface area contributed by atoms with E-state index in [2.05, 4.69) is 36.8 Å². The molecule has 0 radical (unpaired) electrons. The molecule has 1 nitrogen and oxygen atoms in total. The van der Waals surface area contributed by atoms with Gasteiger partial charge in [-0.2, -0.15) is 11.8 Å². The first-order chi connectivity index (χ1) is 6.80. The molecular weight excluding hydrogens is 190 g/mol. The molecule has 0 aromatic carbocycles. The van der Waals surface area contributed by atoms with Gasteiger partial charge in [-0.3, -0.25) is 0 Å². The summed E-state index contributed by atoms with van der Waals surface area (Å²) in [7, 11) is 0. The van der Waals surface area contributed by atoms with Gasteiger partial charge in [-0.15, -0.1) is 0 Å². The lowest BCUT2D eigenvalue weighted by atomic mass is 9.93. The van der Waals surface area contributed by atoms with Crippen molar-refractivity contribution in [2.24, 2.45) is 5.92 Å². The summed E-state index contributed by atoms with van der Waals surface area (Å²) in [6, 6.07) is 0. The number of hydrogen-bond donors (Lipinski definition) is 0. The smallest absolute Gasteiger partial charge is 0.00590 e. The van der Waals surface area contributed by atoms with Crippen LogP contribution < -0.4 is 0 Å². The molecular formula is C12H25NS. The molecule has 0 aromatic rings. The highest BCUT2D eigenvalue weighted by Gasteiger charge is 2.19. The predicted octanol–water partition coefficient (Wildman–Crippen LogP) is 3.25. The second-order valence-electron chi connectivity index (χ2n) is 4.38. The Hall–Kier alpha value is 0.310. The molecule has 1 aliphatic heterocycles. The largest absolute Gasteiger partial charge is 0.304 e. The summed E-state index contributed by atoms with van der Waals surface area (Å²) in [6.07, 6.45) is 7.91. The van der Waals surface area contributed by atoms with Crippen LogP contribution in [0.1, 0.15) is 39.5 Å². The molecule has 1 aliphatic rings. The van der Waals surface area contributed by atoms with Crippen LogP contribution in [0.25, 0.3) is 0 Å². The lowest BCUT2D eigenvalue weighted by Crippen LogP contribution is -2.32. The molecule has 14 heavy (non-hydrogen) atoms. The number of rotatable bonds is 3. The normalized spacial score (nSPS) is 31.1. The van der Waals surface area contributed by atoms with Crippen LogP contribution in [-0.2, 0) is 0 Å². The molecule has 0 N–H and O–H groups in total. The van der Waals surface area contributed by atoms with Crippen LogP contribution in [0.4, 0.5) is 0 Å². The Bertz CT molecular complexity index is 135. The van der Waals surface area contributed by atoms with Crippen LogP contribution in [0.15, 0.2) is 0 Å². The van der Waals surface area contributed by atoms with E-state index in [1.54, 1.807) is 0 Å². The minimum absolute atomic E-state index is 0.911. The zero-order valence-electron chi connectivity index (χ0n) is 9.96. The van der Waals surface area contributed by atoms with Gasteiger partial charge >= 0.3 is 0 Å². The Morgan fingerprint density at radius 3 is 2.50 bits per heavy atom. The predicted molar refractivity (Wildman–Crippen MR) is 67.0 cm³/mol. The summed E-state index contributed by atoms with van der Waals surface area (Å²) < 4.78 is 0. The van der Waals surface area contributed by atoms with Crippen molar-refractivity contribution in [1.82, 2.24) is 4.90 Å². The van der Waals surface area contributed by atoms with Crippen molar-refractivity contribution in [2.75, 3.05) is 25.9 Å². The Morgan fingerprint density at radius 1 is 1.21 bits per heavy atom. The zero-order chi connectivity index (χ0) is 10.4. The van der Waals surface area contributed by atoms with Crippen LogP contribution in [0.2, 0.25) is 0 Å². The lowest BCUT2D eigenvalue weighted by Gasteiger charge is -2.30. The molecule has 84 valence electrons. The van der Waals surface area contributed by atoms with Crippen molar-refractivity contribution in [2.45, 2.75) is 44.8 Å². The highest BCUT2D eigenvalue weighted by molar-refractivity contribution is 7.99. The van der Waals surface area contributed by atoms with Crippen LogP contribution in [0.3, 0.4) is 0 Å². The summed E-state index contributed by atoms with van der Waals surface area (Å²) in [5.41, 5.74) is 0. The third kappa shape index (κ3) is 3.82. The van der Waals surface area contributed by atoms with E-state index in [4.69, 9.17) is 0 Å². The standard InChI is InChI=1S/C12H25NS/c1-4-11-6-8-13(5-2)9-7-12(10-11)14-3/h11-12H,4-10H2,1-3H3. The van der Waals surface area contributed by atoms with E-state index in [0.29, 0.717) is 0 Å². The average Bonchev–Trinajstić information content (AvgIpc) is 2.19. The molecule has 2 atom stereocenters. The molecule has 0 aromatic heterocycles. The summed E-state index contributed by atoms with van der Waals surface area (Å²) in [4.78, 5) is 2.62. The van der Waals surface area contributed by atoms with E-state index in [1.807, 2.05) is 0 Å². The molecule has 2 heteroatoms. The first kappa shape index (κ1) is 12.4. The van der Waals surface area contributed by atoms with Gasteiger partial charge in [0.25, 0.3) is 0 Å². The topological polar surface area (TPSA) is 3.24 Å². The first-order valence-electron chi connectivity index (χ1n) is 6.05. The molecule has 2 unspecified atom stereocenters. The van der Waals surface area contributed by atoms with Crippen molar-refractivity contribution < 1.29 is 0 Å². The average molecular weight is 215 g/mol. The summed E-state index contributed by atoms with van der Waals surface area (Å²) in [5.74, 6) is 0.974. The van der Waals surface area contributed by atoms with Gasteiger partial charge in [0.1, 0.15) is 0 Å². The summed E-state index contributed by atoms with van der Waals surface area (Å²) in [6.45, 7) is 8.52. The minimum atomic E-state index is 0.911. The third-order valence-corrected chi connectivity index (χ3v) is 4.67. The molecule has 0 amide bonds. The Balaban J connectivity index is 2.45. The molecule has 0 aliphatic carbocycles. The van der Waals surface area contributed by atoms with Gasteiger partial charge in [0.15, 0.2) is 0 Å². The Morgan fingerprint density at radius 2 is 1.93 bits per heavy atom. The fourth-order valence-electron chi connectivity index (χ4n) is 2.31. The first-order valence-corrected chi connectivity index (χ1v) is 7.34. The maximum absolute atomic E-state index is 2.62. The van der Waals surface area contributed by atoms with Crippen molar-refractivity contribution in [3.05, 3.63) is 0 Å². The maximum atomic E-state index is 2.62. The Labute approximate surface area is 93.6 Å². The second kappa shape index (κ2) is 6.73. The quantitative estimate of drug-likeness (QED) is 0.711. The van der Waals surface area contributed by atoms with Gasteiger partial charge < -0.3 is 4.90 Å². The molecule has 1 fully saturated rings. The zero-order valence-corrected chi connectivity index (χ0v) is 10.8. The van der Waals surface area contributed by atoms with E-state index >= 15 is 0 Å². The van der Waals surface area contributed by atoms with E-state index in [-0.39, 0.29) is 0 Å². The molecule has 0 saturated carbocycles. The van der Waals surface area contributed by atoms with Crippen molar-refractivity contribution in [3.8, 4) is 0 Å². The third-order valence-electron chi connectivity index (χ3n) is 3.58. The van der Waals surface area contributed by atoms with Crippen molar-refractivity contribution in [1.29, 1.82) is 0 Å². The molecule has 1 heterocycles. The highest BCUT2D eigenvalue weighted by Crippen LogP contribution is 2.27. The van der Waals surface area contributed by atoms with E-state index in [9.17, 15) is 0 Å². The molecule has 0 bridgehead atoms.